The Morgan fingerprint density at radius 2 is 0.862 bits per heavy atom. The summed E-state index contributed by atoms with van der Waals surface area (Å²) in [7, 11) is 0. The van der Waals surface area contributed by atoms with Gasteiger partial charge in [0.1, 0.15) is 11.2 Å². The number of nitrogens with zero attached hydrogens (tertiary/aromatic N) is 2. The molecule has 2 heterocycles. The van der Waals surface area contributed by atoms with Crippen molar-refractivity contribution in [3.8, 4) is 39.1 Å². The Morgan fingerprint density at radius 1 is 0.308 bits per heavy atom. The fraction of sp³-hybridized carbons (Fsp3) is 0. The van der Waals surface area contributed by atoms with Gasteiger partial charge in [-0.3, -0.25) is 0 Å². The molecule has 0 aliphatic rings. The monoisotopic (exact) mass is 828 g/mol. The summed E-state index contributed by atoms with van der Waals surface area (Å²) in [5, 5.41) is 9.60. The van der Waals surface area contributed by atoms with E-state index in [0.717, 1.165) is 61.4 Å². The van der Waals surface area contributed by atoms with Crippen molar-refractivity contribution in [2.75, 3.05) is 4.90 Å². The van der Waals surface area contributed by atoms with Gasteiger partial charge in [0, 0.05) is 44.2 Å². The second kappa shape index (κ2) is 15.0. The van der Waals surface area contributed by atoms with Crippen molar-refractivity contribution >= 4 is 82.4 Å². The van der Waals surface area contributed by atoms with Crippen LogP contribution in [0.5, 0.6) is 0 Å². The molecule has 13 rings (SSSR count). The van der Waals surface area contributed by atoms with Crippen LogP contribution < -0.4 is 4.90 Å². The fourth-order valence-electron chi connectivity index (χ4n) is 10.1. The molecule has 0 fully saturated rings. The predicted molar refractivity (Wildman–Crippen MR) is 274 cm³/mol. The Balaban J connectivity index is 0.950. The minimum absolute atomic E-state index is 0.882. The Bertz CT molecular complexity index is 3890. The summed E-state index contributed by atoms with van der Waals surface area (Å²) in [5.74, 6) is 0. The van der Waals surface area contributed by atoms with Crippen molar-refractivity contribution < 1.29 is 4.42 Å². The van der Waals surface area contributed by atoms with Gasteiger partial charge >= 0.3 is 0 Å². The van der Waals surface area contributed by atoms with Gasteiger partial charge in [-0.05, 0) is 122 Å². The molecule has 65 heavy (non-hydrogen) atoms. The van der Waals surface area contributed by atoms with Gasteiger partial charge in [-0.15, -0.1) is 0 Å². The molecule has 11 aromatic carbocycles. The largest absolute Gasteiger partial charge is 0.456 e. The fourth-order valence-corrected chi connectivity index (χ4v) is 10.1. The van der Waals surface area contributed by atoms with Gasteiger partial charge < -0.3 is 13.9 Å². The minimum atomic E-state index is 0.882. The lowest BCUT2D eigenvalue weighted by Gasteiger charge is -2.28. The van der Waals surface area contributed by atoms with Crippen LogP contribution in [0.4, 0.5) is 17.1 Å². The molecule has 0 aliphatic carbocycles. The number of benzene rings is 11. The van der Waals surface area contributed by atoms with Gasteiger partial charge in [0.05, 0.1) is 16.7 Å². The first-order valence-corrected chi connectivity index (χ1v) is 22.2. The molecule has 2 aromatic heterocycles. The van der Waals surface area contributed by atoms with Crippen molar-refractivity contribution in [2.24, 2.45) is 0 Å². The molecular formula is C62H40N2O. The Hall–Kier alpha value is -8.66. The molecule has 0 saturated carbocycles. The first-order chi connectivity index (χ1) is 32.2. The van der Waals surface area contributed by atoms with E-state index >= 15 is 0 Å². The van der Waals surface area contributed by atoms with E-state index in [1.165, 1.54) is 60.0 Å². The zero-order valence-corrected chi connectivity index (χ0v) is 35.4. The smallest absolute Gasteiger partial charge is 0.136 e. The first-order valence-electron chi connectivity index (χ1n) is 22.2. The molecule has 0 unspecified atom stereocenters. The van der Waals surface area contributed by atoms with Crippen LogP contribution in [0.25, 0.3) is 104 Å². The highest BCUT2D eigenvalue weighted by Crippen LogP contribution is 2.44. The number of anilines is 3. The van der Waals surface area contributed by atoms with E-state index in [0.29, 0.717) is 0 Å². The maximum atomic E-state index is 6.46. The molecule has 13 aromatic rings. The number of hydrogen-bond donors (Lipinski definition) is 0. The van der Waals surface area contributed by atoms with E-state index in [2.05, 4.69) is 252 Å². The molecule has 0 aliphatic heterocycles. The van der Waals surface area contributed by atoms with Crippen LogP contribution in [-0.2, 0) is 0 Å². The zero-order chi connectivity index (χ0) is 42.8. The predicted octanol–water partition coefficient (Wildman–Crippen LogP) is 17.5. The molecule has 0 amide bonds. The maximum absolute atomic E-state index is 6.46. The summed E-state index contributed by atoms with van der Waals surface area (Å²) in [6.45, 7) is 0. The number of fused-ring (bicyclic) bond motifs is 8. The van der Waals surface area contributed by atoms with Crippen molar-refractivity contribution in [1.29, 1.82) is 0 Å². The average Bonchev–Trinajstić information content (AvgIpc) is 3.91. The van der Waals surface area contributed by atoms with Crippen molar-refractivity contribution in [3.63, 3.8) is 0 Å². The molecule has 0 N–H and O–H groups in total. The molecule has 3 nitrogen and oxygen atoms in total. The lowest BCUT2D eigenvalue weighted by atomic mass is 9.96. The molecule has 0 radical (unpaired) electrons. The number of hydrogen-bond acceptors (Lipinski definition) is 2. The molecular weight excluding hydrogens is 789 g/mol. The molecule has 3 heteroatoms. The van der Waals surface area contributed by atoms with E-state index in [4.69, 9.17) is 4.42 Å². The van der Waals surface area contributed by atoms with E-state index in [-0.39, 0.29) is 0 Å². The third-order valence-electron chi connectivity index (χ3n) is 13.2. The molecule has 0 bridgehead atoms. The second-order valence-corrected chi connectivity index (χ2v) is 16.9. The van der Waals surface area contributed by atoms with Crippen LogP contribution in [-0.4, -0.2) is 4.57 Å². The number of aromatic nitrogens is 1. The van der Waals surface area contributed by atoms with E-state index in [1.54, 1.807) is 0 Å². The lowest BCUT2D eigenvalue weighted by molar-refractivity contribution is 0.669. The van der Waals surface area contributed by atoms with Gasteiger partial charge in [-0.1, -0.05) is 170 Å². The molecule has 304 valence electrons. The summed E-state index contributed by atoms with van der Waals surface area (Å²) in [5.41, 5.74) is 15.5. The van der Waals surface area contributed by atoms with Gasteiger partial charge in [0.25, 0.3) is 0 Å². The van der Waals surface area contributed by atoms with Crippen LogP contribution in [0.1, 0.15) is 0 Å². The maximum Gasteiger partial charge on any atom is 0.136 e. The molecule has 0 spiro atoms. The number of furan rings is 1. The van der Waals surface area contributed by atoms with E-state index in [1.807, 2.05) is 0 Å². The third-order valence-corrected chi connectivity index (χ3v) is 13.2. The summed E-state index contributed by atoms with van der Waals surface area (Å²) < 4.78 is 8.85. The van der Waals surface area contributed by atoms with Crippen LogP contribution in [0.3, 0.4) is 0 Å². The Morgan fingerprint density at radius 3 is 1.63 bits per heavy atom. The first kappa shape index (κ1) is 36.9. The summed E-state index contributed by atoms with van der Waals surface area (Å²) >= 11 is 0. The van der Waals surface area contributed by atoms with Crippen molar-refractivity contribution in [1.82, 2.24) is 4.57 Å². The summed E-state index contributed by atoms with van der Waals surface area (Å²) in [4.78, 5) is 2.41. The molecule has 0 atom stereocenters. The van der Waals surface area contributed by atoms with Crippen LogP contribution in [0.15, 0.2) is 247 Å². The number of rotatable bonds is 7. The third kappa shape index (κ3) is 6.20. The van der Waals surface area contributed by atoms with Crippen LogP contribution >= 0.6 is 0 Å². The zero-order valence-electron chi connectivity index (χ0n) is 35.4. The second-order valence-electron chi connectivity index (χ2n) is 16.9. The van der Waals surface area contributed by atoms with E-state index < -0.39 is 0 Å². The highest BCUT2D eigenvalue weighted by atomic mass is 16.3. The van der Waals surface area contributed by atoms with Gasteiger partial charge in [-0.2, -0.15) is 0 Å². The minimum Gasteiger partial charge on any atom is -0.456 e. The average molecular weight is 829 g/mol. The highest BCUT2D eigenvalue weighted by Gasteiger charge is 2.20. The number of para-hydroxylation sites is 3. The Kier molecular flexibility index (Phi) is 8.53. The van der Waals surface area contributed by atoms with Gasteiger partial charge in [0.2, 0.25) is 0 Å². The van der Waals surface area contributed by atoms with Gasteiger partial charge in [0.15, 0.2) is 0 Å². The van der Waals surface area contributed by atoms with Crippen LogP contribution in [0.2, 0.25) is 0 Å². The summed E-state index contributed by atoms with van der Waals surface area (Å²) in [6.07, 6.45) is 0. The SMILES string of the molecule is c1cc(N(c2ccc(-c3ccc(-c4cccc5ccccc45)cc3)cc2)c2ccccc2-c2ccc3oc4cc5ccccc5cc4c3c2)cc(-n2c3ccccc3c3ccccc32)c1. The molecule has 0 saturated heterocycles. The van der Waals surface area contributed by atoms with Crippen molar-refractivity contribution in [2.45, 2.75) is 0 Å². The van der Waals surface area contributed by atoms with E-state index in [9.17, 15) is 0 Å². The van der Waals surface area contributed by atoms with Crippen molar-refractivity contribution in [3.05, 3.63) is 243 Å². The normalized spacial score (nSPS) is 11.7. The quantitative estimate of drug-likeness (QED) is 0.160. The summed E-state index contributed by atoms with van der Waals surface area (Å²) in [6, 6.07) is 87.8. The topological polar surface area (TPSA) is 21.3 Å². The highest BCUT2D eigenvalue weighted by molar-refractivity contribution is 6.12. The standard InChI is InChI=1S/C62H40N2O/c1-2-15-46-39-62-57(37-45(46)14-1)56-38-47(33-36-61(56)65-62)53-20-5-8-24-58(53)63(49-17-12-18-50(40-49)64-59-25-9-6-21-54(59)55-22-7-10-26-60(55)64)48-34-31-42(32-35-48)41-27-29-44(30-28-41)52-23-11-16-43-13-3-4-19-51(43)52/h1-40H. The Labute approximate surface area is 376 Å². The van der Waals surface area contributed by atoms with Gasteiger partial charge in [-0.25, -0.2) is 0 Å². The lowest BCUT2D eigenvalue weighted by Crippen LogP contribution is -2.11. The van der Waals surface area contributed by atoms with Crippen LogP contribution in [0, 0.1) is 0 Å².